The summed E-state index contributed by atoms with van der Waals surface area (Å²) in [6.45, 7) is 7.65. The Labute approximate surface area is 163 Å². The number of nitrogens with zero attached hydrogens (tertiary/aromatic N) is 2. The third-order valence-electron chi connectivity index (χ3n) is 5.02. The van der Waals surface area contributed by atoms with Crippen LogP contribution in [0.1, 0.15) is 44.9 Å². The van der Waals surface area contributed by atoms with Crippen LogP contribution in [0.2, 0.25) is 0 Å². The summed E-state index contributed by atoms with van der Waals surface area (Å²) in [5.74, 6) is 1.88. The van der Waals surface area contributed by atoms with Gasteiger partial charge < -0.3 is 15.1 Å². The molecule has 8 heteroatoms. The Morgan fingerprint density at radius 2 is 2.04 bits per heavy atom. The zero-order valence-corrected chi connectivity index (χ0v) is 17.8. The fraction of sp³-hybridized carbons (Fsp3) is 0.737. The fourth-order valence-corrected chi connectivity index (χ4v) is 4.15. The van der Waals surface area contributed by atoms with Crippen molar-refractivity contribution in [3.05, 3.63) is 24.2 Å². The smallest absolute Gasteiger partial charge is 0.191 e. The van der Waals surface area contributed by atoms with E-state index in [1.807, 2.05) is 12.1 Å². The zero-order chi connectivity index (χ0) is 19.9. The largest absolute Gasteiger partial charge is 0.468 e. The molecule has 1 fully saturated rings. The lowest BCUT2D eigenvalue weighted by Gasteiger charge is -2.28. The van der Waals surface area contributed by atoms with Gasteiger partial charge in [0.1, 0.15) is 15.6 Å². The van der Waals surface area contributed by atoms with Gasteiger partial charge in [-0.25, -0.2) is 8.42 Å². The molecule has 7 nitrogen and oxygen atoms in total. The highest BCUT2D eigenvalue weighted by Gasteiger charge is 2.26. The molecule has 1 unspecified atom stereocenters. The summed E-state index contributed by atoms with van der Waals surface area (Å²) in [7, 11) is -1.20. The summed E-state index contributed by atoms with van der Waals surface area (Å²) < 4.78 is 28.5. The van der Waals surface area contributed by atoms with Crippen molar-refractivity contribution in [1.82, 2.24) is 15.5 Å². The Bertz CT molecular complexity index is 693. The van der Waals surface area contributed by atoms with Crippen molar-refractivity contribution in [3.63, 3.8) is 0 Å². The van der Waals surface area contributed by atoms with Crippen LogP contribution in [0.5, 0.6) is 0 Å². The van der Waals surface area contributed by atoms with Crippen molar-refractivity contribution in [1.29, 1.82) is 0 Å². The van der Waals surface area contributed by atoms with E-state index in [1.54, 1.807) is 13.3 Å². The van der Waals surface area contributed by atoms with Gasteiger partial charge in [-0.15, -0.1) is 0 Å². The molecule has 2 heterocycles. The summed E-state index contributed by atoms with van der Waals surface area (Å²) in [5.41, 5.74) is -0.143. The van der Waals surface area contributed by atoms with E-state index in [4.69, 9.17) is 4.42 Å². The Morgan fingerprint density at radius 3 is 2.59 bits per heavy atom. The fourth-order valence-electron chi connectivity index (χ4n) is 3.23. The molecule has 27 heavy (non-hydrogen) atoms. The number of nitrogens with one attached hydrogen (secondary N) is 2. The Balaban J connectivity index is 1.88. The van der Waals surface area contributed by atoms with Gasteiger partial charge in [-0.2, -0.15) is 0 Å². The molecule has 0 bridgehead atoms. The lowest BCUT2D eigenvalue weighted by atomic mass is 9.90. The normalized spacial score (nSPS) is 17.9. The lowest BCUT2D eigenvalue weighted by molar-refractivity contribution is 0.215. The predicted molar refractivity (Wildman–Crippen MR) is 110 cm³/mol. The number of aliphatic imine (C=N–C) groups is 1. The van der Waals surface area contributed by atoms with Gasteiger partial charge in [0.2, 0.25) is 0 Å². The van der Waals surface area contributed by atoms with Crippen LogP contribution < -0.4 is 10.6 Å². The number of sulfone groups is 1. The van der Waals surface area contributed by atoms with Gasteiger partial charge in [0.15, 0.2) is 5.96 Å². The van der Waals surface area contributed by atoms with Gasteiger partial charge in [-0.3, -0.25) is 9.89 Å². The Hall–Kier alpha value is -1.54. The molecule has 0 aliphatic carbocycles. The maximum Gasteiger partial charge on any atom is 0.191 e. The molecule has 0 amide bonds. The highest BCUT2D eigenvalue weighted by molar-refractivity contribution is 7.90. The van der Waals surface area contributed by atoms with Gasteiger partial charge in [0, 0.05) is 26.4 Å². The summed E-state index contributed by atoms with van der Waals surface area (Å²) in [6.07, 6.45) is 6.05. The van der Waals surface area contributed by atoms with Crippen LogP contribution >= 0.6 is 0 Å². The minimum Gasteiger partial charge on any atom is -0.468 e. The average molecular weight is 399 g/mol. The quantitative estimate of drug-likeness (QED) is 0.489. The van der Waals surface area contributed by atoms with E-state index < -0.39 is 9.84 Å². The Kier molecular flexibility index (Phi) is 7.73. The van der Waals surface area contributed by atoms with Crippen LogP contribution in [0, 0.1) is 5.41 Å². The SMILES string of the molecule is CN=C(NCC(c1ccco1)N1CCCC1)NCC(C)(C)CCS(C)(=O)=O. The molecular formula is C19H34N4O3S. The first-order chi connectivity index (χ1) is 12.7. The second-order valence-corrected chi connectivity index (χ2v) is 10.4. The van der Waals surface area contributed by atoms with Crippen LogP contribution in [-0.2, 0) is 9.84 Å². The molecule has 154 valence electrons. The summed E-state index contributed by atoms with van der Waals surface area (Å²) in [4.78, 5) is 6.75. The van der Waals surface area contributed by atoms with Gasteiger partial charge in [0.05, 0.1) is 18.1 Å². The number of furan rings is 1. The molecule has 2 N–H and O–H groups in total. The molecule has 1 saturated heterocycles. The lowest BCUT2D eigenvalue weighted by Crippen LogP contribution is -2.45. The third-order valence-corrected chi connectivity index (χ3v) is 5.97. The minimum absolute atomic E-state index is 0.143. The molecule has 1 aliphatic heterocycles. The molecule has 2 rings (SSSR count). The molecule has 0 saturated carbocycles. The number of hydrogen-bond acceptors (Lipinski definition) is 5. The number of hydrogen-bond donors (Lipinski definition) is 2. The number of guanidine groups is 1. The van der Waals surface area contributed by atoms with Gasteiger partial charge >= 0.3 is 0 Å². The summed E-state index contributed by atoms with van der Waals surface area (Å²) in [6, 6.07) is 4.13. The van der Waals surface area contributed by atoms with Gasteiger partial charge in [-0.1, -0.05) is 13.8 Å². The molecule has 0 radical (unpaired) electrons. The van der Waals surface area contributed by atoms with Crippen LogP contribution in [0.15, 0.2) is 27.8 Å². The third kappa shape index (κ3) is 7.54. The van der Waals surface area contributed by atoms with Crippen molar-refractivity contribution in [2.75, 3.05) is 45.2 Å². The molecule has 0 spiro atoms. The van der Waals surface area contributed by atoms with E-state index in [9.17, 15) is 8.42 Å². The first kappa shape index (κ1) is 21.8. The summed E-state index contributed by atoms with van der Waals surface area (Å²) in [5, 5.41) is 6.73. The first-order valence-electron chi connectivity index (χ1n) is 9.60. The van der Waals surface area contributed by atoms with E-state index in [2.05, 4.69) is 34.4 Å². The van der Waals surface area contributed by atoms with Crippen molar-refractivity contribution in [2.45, 2.75) is 39.2 Å². The van der Waals surface area contributed by atoms with Crippen LogP contribution in [-0.4, -0.2) is 64.5 Å². The molecule has 1 aromatic heterocycles. The number of rotatable bonds is 9. The van der Waals surface area contributed by atoms with E-state index in [0.29, 0.717) is 19.5 Å². The average Bonchev–Trinajstić information content (AvgIpc) is 3.30. The summed E-state index contributed by atoms with van der Waals surface area (Å²) >= 11 is 0. The second kappa shape index (κ2) is 9.59. The highest BCUT2D eigenvalue weighted by Crippen LogP contribution is 2.25. The molecule has 1 atom stereocenters. The maximum atomic E-state index is 11.4. The Morgan fingerprint density at radius 1 is 1.33 bits per heavy atom. The van der Waals surface area contributed by atoms with Gasteiger partial charge in [0.25, 0.3) is 0 Å². The van der Waals surface area contributed by atoms with Crippen molar-refractivity contribution in [2.24, 2.45) is 10.4 Å². The van der Waals surface area contributed by atoms with Crippen LogP contribution in [0.25, 0.3) is 0 Å². The second-order valence-electron chi connectivity index (χ2n) is 8.13. The molecule has 1 aliphatic rings. The number of likely N-dealkylation sites (tertiary alicyclic amines) is 1. The first-order valence-corrected chi connectivity index (χ1v) is 11.7. The van der Waals surface area contributed by atoms with Crippen molar-refractivity contribution in [3.8, 4) is 0 Å². The van der Waals surface area contributed by atoms with Crippen LogP contribution in [0.3, 0.4) is 0 Å². The minimum atomic E-state index is -2.95. The maximum absolute atomic E-state index is 11.4. The van der Waals surface area contributed by atoms with E-state index in [1.165, 1.54) is 19.1 Å². The predicted octanol–water partition coefficient (Wildman–Crippen LogP) is 2.04. The van der Waals surface area contributed by atoms with E-state index >= 15 is 0 Å². The molecular weight excluding hydrogens is 364 g/mol. The van der Waals surface area contributed by atoms with Gasteiger partial charge in [-0.05, 0) is 49.9 Å². The molecule has 0 aromatic carbocycles. The monoisotopic (exact) mass is 398 g/mol. The highest BCUT2D eigenvalue weighted by atomic mass is 32.2. The standard InChI is InChI=1S/C19H34N4O3S/c1-19(2,9-13-27(4,24)25)15-22-18(20-3)21-14-16(17-8-7-12-26-17)23-10-5-6-11-23/h7-8,12,16H,5-6,9-11,13-15H2,1-4H3,(H2,20,21,22). The van der Waals surface area contributed by atoms with E-state index in [-0.39, 0.29) is 17.2 Å². The van der Waals surface area contributed by atoms with Crippen molar-refractivity contribution >= 4 is 15.8 Å². The van der Waals surface area contributed by atoms with Crippen LogP contribution in [0.4, 0.5) is 0 Å². The molecule has 1 aromatic rings. The van der Waals surface area contributed by atoms with E-state index in [0.717, 1.165) is 24.8 Å². The topological polar surface area (TPSA) is 86.9 Å². The zero-order valence-electron chi connectivity index (χ0n) is 17.0. The van der Waals surface area contributed by atoms with Crippen molar-refractivity contribution < 1.29 is 12.8 Å².